The molecule has 1 aliphatic rings. The third-order valence-corrected chi connectivity index (χ3v) is 2.34. The van der Waals surface area contributed by atoms with E-state index < -0.39 is 0 Å². The quantitative estimate of drug-likeness (QED) is 0.580. The highest BCUT2D eigenvalue weighted by atomic mass is 16.1. The van der Waals surface area contributed by atoms with Crippen molar-refractivity contribution < 1.29 is 4.79 Å². The Morgan fingerprint density at radius 1 is 1.70 bits per heavy atom. The maximum atomic E-state index is 10.4. The van der Waals surface area contributed by atoms with Crippen molar-refractivity contribution in [1.29, 1.82) is 0 Å². The lowest BCUT2D eigenvalue weighted by Crippen LogP contribution is -2.30. The minimum atomic E-state index is 0.125. The van der Waals surface area contributed by atoms with Gasteiger partial charge in [0, 0.05) is 6.04 Å². The molecular formula is C8H15NO. The summed E-state index contributed by atoms with van der Waals surface area (Å²) in [4.78, 5) is 10.4. The van der Waals surface area contributed by atoms with E-state index in [4.69, 9.17) is 0 Å². The number of carbonyl (C=O) groups excluding carboxylic acids is 1. The standard InChI is InChI=1S/C8H15NO/c1-3-8-6(2)4-7(5-10)9-8/h5-9H,3-4H2,1-2H3. The normalized spacial score (nSPS) is 40.0. The average molecular weight is 141 g/mol. The molecule has 1 rings (SSSR count). The predicted molar refractivity (Wildman–Crippen MR) is 40.8 cm³/mol. The summed E-state index contributed by atoms with van der Waals surface area (Å²) < 4.78 is 0. The van der Waals surface area contributed by atoms with Gasteiger partial charge in [-0.15, -0.1) is 0 Å². The Bertz CT molecular complexity index is 124. The van der Waals surface area contributed by atoms with Crippen molar-refractivity contribution >= 4 is 6.29 Å². The predicted octanol–water partition coefficient (Wildman–Crippen LogP) is 0.962. The van der Waals surface area contributed by atoms with Gasteiger partial charge in [0.2, 0.25) is 0 Å². The van der Waals surface area contributed by atoms with Crippen molar-refractivity contribution in [2.45, 2.75) is 38.8 Å². The molecule has 0 saturated carbocycles. The number of hydrogen-bond donors (Lipinski definition) is 1. The summed E-state index contributed by atoms with van der Waals surface area (Å²) in [6.45, 7) is 4.35. The molecule has 1 aliphatic heterocycles. The molecule has 0 spiro atoms. The Kier molecular flexibility index (Phi) is 2.44. The second-order valence-corrected chi connectivity index (χ2v) is 3.14. The molecule has 0 radical (unpaired) electrons. The molecule has 1 N–H and O–H groups in total. The second kappa shape index (κ2) is 3.15. The first-order chi connectivity index (χ1) is 4.77. The zero-order valence-electron chi connectivity index (χ0n) is 6.63. The van der Waals surface area contributed by atoms with Gasteiger partial charge in [0.25, 0.3) is 0 Å². The van der Waals surface area contributed by atoms with Gasteiger partial charge in [-0.25, -0.2) is 0 Å². The molecule has 0 aromatic heterocycles. The molecule has 1 fully saturated rings. The lowest BCUT2D eigenvalue weighted by Gasteiger charge is -2.11. The molecule has 2 nitrogen and oxygen atoms in total. The summed E-state index contributed by atoms with van der Waals surface area (Å²) >= 11 is 0. The van der Waals surface area contributed by atoms with E-state index in [-0.39, 0.29) is 6.04 Å². The van der Waals surface area contributed by atoms with Crippen molar-refractivity contribution in [3.05, 3.63) is 0 Å². The summed E-state index contributed by atoms with van der Waals surface area (Å²) in [7, 11) is 0. The molecule has 0 amide bonds. The van der Waals surface area contributed by atoms with Gasteiger partial charge in [-0.1, -0.05) is 13.8 Å². The highest BCUT2D eigenvalue weighted by Gasteiger charge is 2.28. The Morgan fingerprint density at radius 2 is 2.40 bits per heavy atom. The SMILES string of the molecule is CCC1NC(C=O)CC1C. The first kappa shape index (κ1) is 7.73. The fraction of sp³-hybridized carbons (Fsp3) is 0.875. The molecule has 0 aromatic rings. The van der Waals surface area contributed by atoms with Crippen LogP contribution in [0.3, 0.4) is 0 Å². The van der Waals surface area contributed by atoms with Crippen molar-refractivity contribution in [2.75, 3.05) is 0 Å². The highest BCUT2D eigenvalue weighted by Crippen LogP contribution is 2.20. The number of rotatable bonds is 2. The number of nitrogens with one attached hydrogen (secondary N) is 1. The molecule has 1 heterocycles. The minimum Gasteiger partial charge on any atom is -0.305 e. The van der Waals surface area contributed by atoms with Gasteiger partial charge >= 0.3 is 0 Å². The third-order valence-electron chi connectivity index (χ3n) is 2.34. The zero-order valence-corrected chi connectivity index (χ0v) is 6.63. The van der Waals surface area contributed by atoms with Crippen LogP contribution >= 0.6 is 0 Å². The van der Waals surface area contributed by atoms with Crippen LogP contribution in [-0.2, 0) is 4.79 Å². The van der Waals surface area contributed by atoms with Gasteiger partial charge in [0.05, 0.1) is 6.04 Å². The summed E-state index contributed by atoms with van der Waals surface area (Å²) in [6.07, 6.45) is 3.17. The Labute approximate surface area is 62.0 Å². The number of hydrogen-bond acceptors (Lipinski definition) is 2. The van der Waals surface area contributed by atoms with Crippen molar-refractivity contribution in [1.82, 2.24) is 5.32 Å². The van der Waals surface area contributed by atoms with Crippen LogP contribution in [0.5, 0.6) is 0 Å². The third kappa shape index (κ3) is 1.37. The maximum absolute atomic E-state index is 10.4. The van der Waals surface area contributed by atoms with Gasteiger partial charge in [0.15, 0.2) is 0 Å². The van der Waals surface area contributed by atoms with E-state index in [2.05, 4.69) is 19.2 Å². The zero-order chi connectivity index (χ0) is 7.56. The van der Waals surface area contributed by atoms with Crippen LogP contribution in [0.2, 0.25) is 0 Å². The molecular weight excluding hydrogens is 126 g/mol. The van der Waals surface area contributed by atoms with Gasteiger partial charge in [-0.3, -0.25) is 0 Å². The van der Waals surface area contributed by atoms with Gasteiger partial charge < -0.3 is 10.1 Å². The topological polar surface area (TPSA) is 29.1 Å². The maximum Gasteiger partial charge on any atom is 0.136 e. The largest absolute Gasteiger partial charge is 0.305 e. The summed E-state index contributed by atoms with van der Waals surface area (Å²) in [6, 6.07) is 0.690. The molecule has 1 saturated heterocycles. The van der Waals surface area contributed by atoms with Crippen LogP contribution in [0.4, 0.5) is 0 Å². The van der Waals surface area contributed by atoms with Gasteiger partial charge in [-0.05, 0) is 18.8 Å². The fourth-order valence-corrected chi connectivity index (χ4v) is 1.69. The Morgan fingerprint density at radius 3 is 2.70 bits per heavy atom. The minimum absolute atomic E-state index is 0.125. The van der Waals surface area contributed by atoms with Crippen molar-refractivity contribution in [3.63, 3.8) is 0 Å². The summed E-state index contributed by atoms with van der Waals surface area (Å²) in [5.41, 5.74) is 0. The molecule has 10 heavy (non-hydrogen) atoms. The Balaban J connectivity index is 2.43. The highest BCUT2D eigenvalue weighted by molar-refractivity contribution is 5.58. The van der Waals surface area contributed by atoms with Gasteiger partial charge in [-0.2, -0.15) is 0 Å². The lowest BCUT2D eigenvalue weighted by molar-refractivity contribution is -0.109. The van der Waals surface area contributed by atoms with E-state index in [1.165, 1.54) is 0 Å². The van der Waals surface area contributed by atoms with Crippen LogP contribution in [0.25, 0.3) is 0 Å². The number of carbonyl (C=O) groups is 1. The summed E-state index contributed by atoms with van der Waals surface area (Å²) in [5.74, 6) is 0.667. The molecule has 58 valence electrons. The van der Waals surface area contributed by atoms with Crippen LogP contribution in [0, 0.1) is 5.92 Å². The fourth-order valence-electron chi connectivity index (χ4n) is 1.69. The molecule has 2 heteroatoms. The van der Waals surface area contributed by atoms with E-state index in [9.17, 15) is 4.79 Å². The molecule has 0 aromatic carbocycles. The molecule has 3 atom stereocenters. The molecule has 0 aliphatic carbocycles. The average Bonchev–Trinajstić information content (AvgIpc) is 2.30. The first-order valence-corrected chi connectivity index (χ1v) is 3.99. The smallest absolute Gasteiger partial charge is 0.136 e. The van der Waals surface area contributed by atoms with Crippen LogP contribution in [-0.4, -0.2) is 18.4 Å². The van der Waals surface area contributed by atoms with Gasteiger partial charge in [0.1, 0.15) is 6.29 Å². The lowest BCUT2D eigenvalue weighted by atomic mass is 10.0. The molecule has 0 bridgehead atoms. The van der Waals surface area contributed by atoms with E-state index in [0.717, 1.165) is 19.1 Å². The first-order valence-electron chi connectivity index (χ1n) is 3.99. The molecule has 3 unspecified atom stereocenters. The van der Waals surface area contributed by atoms with Crippen LogP contribution in [0.1, 0.15) is 26.7 Å². The van der Waals surface area contributed by atoms with Crippen LogP contribution < -0.4 is 5.32 Å². The number of aldehydes is 1. The van der Waals surface area contributed by atoms with E-state index >= 15 is 0 Å². The summed E-state index contributed by atoms with van der Waals surface area (Å²) in [5, 5.41) is 3.27. The second-order valence-electron chi connectivity index (χ2n) is 3.14. The Hall–Kier alpha value is -0.370. The van der Waals surface area contributed by atoms with Crippen molar-refractivity contribution in [3.8, 4) is 0 Å². The van der Waals surface area contributed by atoms with Crippen LogP contribution in [0.15, 0.2) is 0 Å². The van der Waals surface area contributed by atoms with E-state index in [0.29, 0.717) is 12.0 Å². The van der Waals surface area contributed by atoms with E-state index in [1.54, 1.807) is 0 Å². The monoisotopic (exact) mass is 141 g/mol. The van der Waals surface area contributed by atoms with Crippen molar-refractivity contribution in [2.24, 2.45) is 5.92 Å². The van der Waals surface area contributed by atoms with E-state index in [1.807, 2.05) is 0 Å².